The van der Waals surface area contributed by atoms with E-state index in [-0.39, 0.29) is 11.8 Å². The fraction of sp³-hybridized carbons (Fsp3) is 0.650. The van der Waals surface area contributed by atoms with Crippen LogP contribution in [0.1, 0.15) is 57.8 Å². The van der Waals surface area contributed by atoms with Crippen LogP contribution < -0.4 is 10.2 Å². The van der Waals surface area contributed by atoms with E-state index in [1.165, 1.54) is 32.1 Å². The van der Waals surface area contributed by atoms with Crippen molar-refractivity contribution in [2.24, 2.45) is 5.92 Å². The second kappa shape index (κ2) is 8.33. The highest BCUT2D eigenvalue weighted by atomic mass is 32.1. The molecule has 1 saturated heterocycles. The minimum atomic E-state index is 0.0779. The molecule has 1 saturated carbocycles. The molecule has 5 nitrogen and oxygen atoms in total. The molecule has 0 spiro atoms. The van der Waals surface area contributed by atoms with E-state index in [1.54, 1.807) is 11.3 Å². The SMILES string of the molecule is O=C(NC1CCCCCCC1)C1CCCN(c2nc3cccnc3s2)C1. The van der Waals surface area contributed by atoms with Crippen LogP contribution in [0.4, 0.5) is 5.13 Å². The smallest absolute Gasteiger partial charge is 0.225 e. The summed E-state index contributed by atoms with van der Waals surface area (Å²) in [6, 6.07) is 4.31. The standard InChI is InChI=1S/C20H28N4OS/c25-18(22-16-9-4-2-1-3-5-10-16)15-8-7-13-24(14-15)20-23-17-11-6-12-21-19(17)26-20/h6,11-12,15-16H,1-5,7-10,13-14H2,(H,22,25). The van der Waals surface area contributed by atoms with Gasteiger partial charge < -0.3 is 10.2 Å². The molecule has 2 fully saturated rings. The number of thiazole rings is 1. The second-order valence-electron chi connectivity index (χ2n) is 7.66. The van der Waals surface area contributed by atoms with Crippen LogP contribution in [0.5, 0.6) is 0 Å². The van der Waals surface area contributed by atoms with E-state index in [0.29, 0.717) is 6.04 Å². The molecule has 1 atom stereocenters. The number of carbonyl (C=O) groups excluding carboxylic acids is 1. The average molecular weight is 373 g/mol. The van der Waals surface area contributed by atoms with Crippen molar-refractivity contribution in [3.63, 3.8) is 0 Å². The summed E-state index contributed by atoms with van der Waals surface area (Å²) in [5.74, 6) is 0.327. The van der Waals surface area contributed by atoms with Gasteiger partial charge in [0.2, 0.25) is 5.91 Å². The maximum Gasteiger partial charge on any atom is 0.225 e. The number of nitrogens with one attached hydrogen (secondary N) is 1. The number of pyridine rings is 1. The maximum absolute atomic E-state index is 12.8. The molecule has 0 bridgehead atoms. The van der Waals surface area contributed by atoms with Crippen molar-refractivity contribution in [3.05, 3.63) is 18.3 Å². The number of piperidine rings is 1. The van der Waals surface area contributed by atoms with Gasteiger partial charge in [0.25, 0.3) is 0 Å². The van der Waals surface area contributed by atoms with E-state index in [0.717, 1.165) is 54.3 Å². The third-order valence-electron chi connectivity index (χ3n) is 5.67. The Bertz CT molecular complexity index is 705. The van der Waals surface area contributed by atoms with E-state index in [9.17, 15) is 4.79 Å². The molecule has 1 aliphatic heterocycles. The largest absolute Gasteiger partial charge is 0.353 e. The zero-order valence-electron chi connectivity index (χ0n) is 15.3. The predicted octanol–water partition coefficient (Wildman–Crippen LogP) is 4.14. The maximum atomic E-state index is 12.8. The van der Waals surface area contributed by atoms with Gasteiger partial charge in [0.1, 0.15) is 10.3 Å². The van der Waals surface area contributed by atoms with E-state index in [1.807, 2.05) is 18.3 Å². The molecule has 2 aliphatic rings. The van der Waals surface area contributed by atoms with Crippen LogP contribution in [-0.4, -0.2) is 35.0 Å². The number of carbonyl (C=O) groups is 1. The fourth-order valence-electron chi connectivity index (χ4n) is 4.18. The first-order valence-electron chi connectivity index (χ1n) is 10.1. The van der Waals surface area contributed by atoms with Gasteiger partial charge in [0, 0.05) is 25.3 Å². The summed E-state index contributed by atoms with van der Waals surface area (Å²) in [7, 11) is 0. The van der Waals surface area contributed by atoms with Crippen molar-refractivity contribution >= 4 is 32.7 Å². The Hall–Kier alpha value is -1.69. The van der Waals surface area contributed by atoms with E-state index in [4.69, 9.17) is 4.98 Å². The zero-order chi connectivity index (χ0) is 17.8. The summed E-state index contributed by atoms with van der Waals surface area (Å²) in [5.41, 5.74) is 0.952. The quantitative estimate of drug-likeness (QED) is 0.880. The lowest BCUT2D eigenvalue weighted by molar-refractivity contribution is -0.126. The first kappa shape index (κ1) is 17.7. The van der Waals surface area contributed by atoms with Crippen LogP contribution in [0, 0.1) is 5.92 Å². The van der Waals surface area contributed by atoms with Gasteiger partial charge in [-0.3, -0.25) is 4.79 Å². The van der Waals surface area contributed by atoms with Crippen LogP contribution in [0.15, 0.2) is 18.3 Å². The third kappa shape index (κ3) is 4.17. The predicted molar refractivity (Wildman–Crippen MR) is 107 cm³/mol. The molecule has 1 amide bonds. The Labute approximate surface area is 159 Å². The molecule has 1 N–H and O–H groups in total. The van der Waals surface area contributed by atoms with Crippen LogP contribution in [-0.2, 0) is 4.79 Å². The first-order chi connectivity index (χ1) is 12.8. The topological polar surface area (TPSA) is 58.1 Å². The molecule has 1 aliphatic carbocycles. The summed E-state index contributed by atoms with van der Waals surface area (Å²) < 4.78 is 0. The summed E-state index contributed by atoms with van der Waals surface area (Å²) in [6.07, 6.45) is 12.6. The van der Waals surface area contributed by atoms with Crippen molar-refractivity contribution < 1.29 is 4.79 Å². The number of fused-ring (bicyclic) bond motifs is 1. The number of hydrogen-bond donors (Lipinski definition) is 1. The molecule has 2 aromatic rings. The molecule has 0 radical (unpaired) electrons. The zero-order valence-corrected chi connectivity index (χ0v) is 16.1. The van der Waals surface area contributed by atoms with Crippen molar-refractivity contribution in [3.8, 4) is 0 Å². The minimum Gasteiger partial charge on any atom is -0.353 e. The number of aromatic nitrogens is 2. The van der Waals surface area contributed by atoms with Gasteiger partial charge in [-0.25, -0.2) is 9.97 Å². The molecular weight excluding hydrogens is 344 g/mol. The van der Waals surface area contributed by atoms with Gasteiger partial charge in [0.05, 0.1) is 5.92 Å². The van der Waals surface area contributed by atoms with Gasteiger partial charge >= 0.3 is 0 Å². The summed E-state index contributed by atoms with van der Waals surface area (Å²) in [4.78, 5) is 25.2. The van der Waals surface area contributed by atoms with E-state index < -0.39 is 0 Å². The number of hydrogen-bond acceptors (Lipinski definition) is 5. The summed E-state index contributed by atoms with van der Waals surface area (Å²) in [6.45, 7) is 1.76. The normalized spacial score (nSPS) is 22.8. The van der Waals surface area contributed by atoms with Crippen LogP contribution in [0.3, 0.4) is 0 Å². The lowest BCUT2D eigenvalue weighted by Gasteiger charge is -2.33. The first-order valence-corrected chi connectivity index (χ1v) is 10.9. The number of anilines is 1. The van der Waals surface area contributed by atoms with Crippen LogP contribution >= 0.6 is 11.3 Å². The van der Waals surface area contributed by atoms with E-state index >= 15 is 0 Å². The Kier molecular flexibility index (Phi) is 5.68. The Morgan fingerprint density at radius 3 is 2.73 bits per heavy atom. The third-order valence-corrected chi connectivity index (χ3v) is 6.71. The number of amides is 1. The van der Waals surface area contributed by atoms with Crippen LogP contribution in [0.25, 0.3) is 10.3 Å². The van der Waals surface area contributed by atoms with Gasteiger partial charge in [-0.05, 0) is 37.8 Å². The molecule has 0 aromatic carbocycles. The Morgan fingerprint density at radius 2 is 1.92 bits per heavy atom. The molecular formula is C20H28N4OS. The van der Waals surface area contributed by atoms with Gasteiger partial charge in [0.15, 0.2) is 5.13 Å². The van der Waals surface area contributed by atoms with Crippen molar-refractivity contribution in [1.82, 2.24) is 15.3 Å². The highest BCUT2D eigenvalue weighted by molar-refractivity contribution is 7.21. The van der Waals surface area contributed by atoms with Crippen molar-refractivity contribution in [2.45, 2.75) is 63.8 Å². The van der Waals surface area contributed by atoms with Crippen molar-refractivity contribution in [2.75, 3.05) is 18.0 Å². The Balaban J connectivity index is 1.38. The lowest BCUT2D eigenvalue weighted by atomic mass is 9.94. The lowest BCUT2D eigenvalue weighted by Crippen LogP contribution is -2.46. The minimum absolute atomic E-state index is 0.0779. The number of rotatable bonds is 3. The fourth-order valence-corrected chi connectivity index (χ4v) is 5.12. The van der Waals surface area contributed by atoms with Gasteiger partial charge in [-0.2, -0.15) is 0 Å². The molecule has 140 valence electrons. The molecule has 3 heterocycles. The monoisotopic (exact) mass is 372 g/mol. The molecule has 1 unspecified atom stereocenters. The number of nitrogens with zero attached hydrogens (tertiary/aromatic N) is 3. The van der Waals surface area contributed by atoms with Crippen molar-refractivity contribution in [1.29, 1.82) is 0 Å². The highest BCUT2D eigenvalue weighted by Crippen LogP contribution is 2.30. The molecule has 26 heavy (non-hydrogen) atoms. The van der Waals surface area contributed by atoms with Gasteiger partial charge in [-0.1, -0.05) is 43.4 Å². The van der Waals surface area contributed by atoms with Crippen LogP contribution in [0.2, 0.25) is 0 Å². The summed E-state index contributed by atoms with van der Waals surface area (Å²) in [5, 5.41) is 4.36. The Morgan fingerprint density at radius 1 is 1.12 bits per heavy atom. The van der Waals surface area contributed by atoms with Gasteiger partial charge in [-0.15, -0.1) is 0 Å². The molecule has 4 rings (SSSR count). The second-order valence-corrected chi connectivity index (χ2v) is 8.62. The molecule has 6 heteroatoms. The average Bonchev–Trinajstić information content (AvgIpc) is 3.08. The summed E-state index contributed by atoms with van der Waals surface area (Å²) >= 11 is 1.63. The highest BCUT2D eigenvalue weighted by Gasteiger charge is 2.28. The molecule has 2 aromatic heterocycles. The van der Waals surface area contributed by atoms with E-state index in [2.05, 4.69) is 15.2 Å².